The quantitative estimate of drug-likeness (QED) is 0.593. The van der Waals surface area contributed by atoms with Gasteiger partial charge >= 0.3 is 0 Å². The van der Waals surface area contributed by atoms with Crippen LogP contribution in [0.25, 0.3) is 0 Å². The summed E-state index contributed by atoms with van der Waals surface area (Å²) in [6.07, 6.45) is 2.17. The first kappa shape index (κ1) is 12.1. The Balaban J connectivity index is 2.17. The van der Waals surface area contributed by atoms with Gasteiger partial charge in [0.25, 0.3) is 0 Å². The SMILES string of the molecule is CCCCNC(=O)CSc1ccccc1. The molecule has 15 heavy (non-hydrogen) atoms. The average Bonchev–Trinajstić information content (AvgIpc) is 2.28. The van der Waals surface area contributed by atoms with Crippen LogP contribution in [0.4, 0.5) is 0 Å². The number of carbonyl (C=O) groups is 1. The third-order valence-electron chi connectivity index (χ3n) is 1.97. The normalized spacial score (nSPS) is 9.93. The molecule has 0 radical (unpaired) electrons. The van der Waals surface area contributed by atoms with Gasteiger partial charge in [-0.3, -0.25) is 4.79 Å². The van der Waals surface area contributed by atoms with Gasteiger partial charge in [-0.05, 0) is 18.6 Å². The molecule has 82 valence electrons. The summed E-state index contributed by atoms with van der Waals surface area (Å²) in [6.45, 7) is 2.91. The zero-order valence-corrected chi connectivity index (χ0v) is 9.85. The summed E-state index contributed by atoms with van der Waals surface area (Å²) in [5.41, 5.74) is 0. The maximum atomic E-state index is 11.4. The molecule has 1 aromatic rings. The Morgan fingerprint density at radius 3 is 2.73 bits per heavy atom. The van der Waals surface area contributed by atoms with Crippen molar-refractivity contribution < 1.29 is 4.79 Å². The number of rotatable bonds is 6. The van der Waals surface area contributed by atoms with Crippen LogP contribution < -0.4 is 5.32 Å². The molecule has 1 rings (SSSR count). The molecule has 0 atom stereocenters. The standard InChI is InChI=1S/C12H17NOS/c1-2-3-9-13-12(14)10-15-11-7-5-4-6-8-11/h4-8H,2-3,9-10H2,1H3,(H,13,14). The Kier molecular flexibility index (Phi) is 5.93. The van der Waals surface area contributed by atoms with Crippen LogP contribution in [0.5, 0.6) is 0 Å². The van der Waals surface area contributed by atoms with Gasteiger partial charge in [-0.15, -0.1) is 11.8 Å². The number of unbranched alkanes of at least 4 members (excludes halogenated alkanes) is 1. The lowest BCUT2D eigenvalue weighted by molar-refractivity contribution is -0.118. The van der Waals surface area contributed by atoms with E-state index >= 15 is 0 Å². The first-order chi connectivity index (χ1) is 7.33. The first-order valence-corrected chi connectivity index (χ1v) is 6.26. The number of carbonyl (C=O) groups excluding carboxylic acids is 1. The molecule has 1 N–H and O–H groups in total. The van der Waals surface area contributed by atoms with Crippen molar-refractivity contribution in [3.8, 4) is 0 Å². The van der Waals surface area contributed by atoms with Crippen molar-refractivity contribution in [1.82, 2.24) is 5.32 Å². The van der Waals surface area contributed by atoms with E-state index in [1.165, 1.54) is 0 Å². The molecule has 0 aromatic heterocycles. The minimum Gasteiger partial charge on any atom is -0.355 e. The number of nitrogens with one attached hydrogen (secondary N) is 1. The highest BCUT2D eigenvalue weighted by atomic mass is 32.2. The molecule has 0 saturated carbocycles. The summed E-state index contributed by atoms with van der Waals surface area (Å²) in [4.78, 5) is 12.5. The molecule has 0 heterocycles. The van der Waals surface area contributed by atoms with E-state index in [9.17, 15) is 4.79 Å². The molecule has 0 unspecified atom stereocenters. The molecule has 0 aliphatic carbocycles. The Hall–Kier alpha value is -0.960. The van der Waals surface area contributed by atoms with Gasteiger partial charge < -0.3 is 5.32 Å². The molecule has 0 spiro atoms. The van der Waals surface area contributed by atoms with Gasteiger partial charge in [0.15, 0.2) is 0 Å². The smallest absolute Gasteiger partial charge is 0.230 e. The average molecular weight is 223 g/mol. The van der Waals surface area contributed by atoms with Crippen molar-refractivity contribution in [2.75, 3.05) is 12.3 Å². The van der Waals surface area contributed by atoms with Crippen molar-refractivity contribution in [3.63, 3.8) is 0 Å². The van der Waals surface area contributed by atoms with Gasteiger partial charge in [-0.1, -0.05) is 31.5 Å². The number of hydrogen-bond acceptors (Lipinski definition) is 2. The van der Waals surface area contributed by atoms with E-state index in [2.05, 4.69) is 12.2 Å². The van der Waals surface area contributed by atoms with E-state index in [1.807, 2.05) is 30.3 Å². The van der Waals surface area contributed by atoms with Crippen molar-refractivity contribution in [2.24, 2.45) is 0 Å². The Bertz CT molecular complexity index is 287. The summed E-state index contributed by atoms with van der Waals surface area (Å²) in [6, 6.07) is 9.98. The zero-order chi connectivity index (χ0) is 10.9. The monoisotopic (exact) mass is 223 g/mol. The third-order valence-corrected chi connectivity index (χ3v) is 2.98. The van der Waals surface area contributed by atoms with E-state index in [0.717, 1.165) is 24.3 Å². The fraction of sp³-hybridized carbons (Fsp3) is 0.417. The van der Waals surface area contributed by atoms with Gasteiger partial charge in [-0.2, -0.15) is 0 Å². The maximum absolute atomic E-state index is 11.4. The second-order valence-corrected chi connectivity index (χ2v) is 4.35. The lowest BCUT2D eigenvalue weighted by atomic mass is 10.3. The van der Waals surface area contributed by atoms with Gasteiger partial charge in [0.1, 0.15) is 0 Å². The predicted molar refractivity (Wildman–Crippen MR) is 65.1 cm³/mol. The minimum absolute atomic E-state index is 0.123. The minimum atomic E-state index is 0.123. The molecule has 3 heteroatoms. The van der Waals surface area contributed by atoms with Gasteiger partial charge in [0.05, 0.1) is 5.75 Å². The fourth-order valence-electron chi connectivity index (χ4n) is 1.12. The van der Waals surface area contributed by atoms with E-state index in [4.69, 9.17) is 0 Å². The van der Waals surface area contributed by atoms with Crippen LogP contribution in [0, 0.1) is 0 Å². The molecule has 2 nitrogen and oxygen atoms in total. The Morgan fingerprint density at radius 2 is 2.07 bits per heavy atom. The molecule has 0 aliphatic heterocycles. The van der Waals surface area contributed by atoms with Crippen LogP contribution in [-0.2, 0) is 4.79 Å². The lowest BCUT2D eigenvalue weighted by Gasteiger charge is -2.03. The van der Waals surface area contributed by atoms with Crippen LogP contribution in [0.2, 0.25) is 0 Å². The lowest BCUT2D eigenvalue weighted by Crippen LogP contribution is -2.25. The van der Waals surface area contributed by atoms with Crippen molar-refractivity contribution in [2.45, 2.75) is 24.7 Å². The molecule has 0 bridgehead atoms. The van der Waals surface area contributed by atoms with Crippen molar-refractivity contribution in [1.29, 1.82) is 0 Å². The number of hydrogen-bond donors (Lipinski definition) is 1. The highest BCUT2D eigenvalue weighted by molar-refractivity contribution is 8.00. The number of thioether (sulfide) groups is 1. The summed E-state index contributed by atoms with van der Waals surface area (Å²) < 4.78 is 0. The van der Waals surface area contributed by atoms with Crippen LogP contribution in [0.3, 0.4) is 0 Å². The highest BCUT2D eigenvalue weighted by Crippen LogP contribution is 2.15. The van der Waals surface area contributed by atoms with E-state index in [0.29, 0.717) is 5.75 Å². The largest absolute Gasteiger partial charge is 0.355 e. The third kappa shape index (κ3) is 5.47. The summed E-state index contributed by atoms with van der Waals surface area (Å²) >= 11 is 1.57. The maximum Gasteiger partial charge on any atom is 0.230 e. The van der Waals surface area contributed by atoms with Gasteiger partial charge in [0.2, 0.25) is 5.91 Å². The molecule has 0 fully saturated rings. The molecule has 1 amide bonds. The van der Waals surface area contributed by atoms with E-state index in [1.54, 1.807) is 11.8 Å². The predicted octanol–water partition coefficient (Wildman–Crippen LogP) is 2.70. The van der Waals surface area contributed by atoms with Crippen LogP contribution in [-0.4, -0.2) is 18.2 Å². The first-order valence-electron chi connectivity index (χ1n) is 5.27. The summed E-state index contributed by atoms with van der Waals surface area (Å²) in [5, 5.41) is 2.89. The van der Waals surface area contributed by atoms with Crippen LogP contribution in [0.1, 0.15) is 19.8 Å². The van der Waals surface area contributed by atoms with Crippen molar-refractivity contribution >= 4 is 17.7 Å². The zero-order valence-electron chi connectivity index (χ0n) is 9.03. The molecule has 1 aromatic carbocycles. The van der Waals surface area contributed by atoms with E-state index < -0.39 is 0 Å². The van der Waals surface area contributed by atoms with Crippen molar-refractivity contribution in [3.05, 3.63) is 30.3 Å². The highest BCUT2D eigenvalue weighted by Gasteiger charge is 2.00. The van der Waals surface area contributed by atoms with Gasteiger partial charge in [-0.25, -0.2) is 0 Å². The van der Waals surface area contributed by atoms with E-state index in [-0.39, 0.29) is 5.91 Å². The van der Waals surface area contributed by atoms with Crippen LogP contribution >= 0.6 is 11.8 Å². The topological polar surface area (TPSA) is 29.1 Å². The number of amides is 1. The Morgan fingerprint density at radius 1 is 1.33 bits per heavy atom. The molecule has 0 saturated heterocycles. The van der Waals surface area contributed by atoms with Crippen LogP contribution in [0.15, 0.2) is 35.2 Å². The molecule has 0 aliphatic rings. The second kappa shape index (κ2) is 7.35. The number of benzene rings is 1. The van der Waals surface area contributed by atoms with Gasteiger partial charge in [0, 0.05) is 11.4 Å². The second-order valence-electron chi connectivity index (χ2n) is 3.31. The summed E-state index contributed by atoms with van der Waals surface area (Å²) in [5.74, 6) is 0.630. The molecular weight excluding hydrogens is 206 g/mol. The molecular formula is C12H17NOS. The summed E-state index contributed by atoms with van der Waals surface area (Å²) in [7, 11) is 0. The Labute approximate surface area is 95.5 Å². The fourth-order valence-corrected chi connectivity index (χ4v) is 1.87.